The Morgan fingerprint density at radius 3 is 2.27 bits per heavy atom. The average molecular weight is 216 g/mol. The maximum absolute atomic E-state index is 12.1. The van der Waals surface area contributed by atoms with Crippen LogP contribution in [0.25, 0.3) is 0 Å². The molecule has 0 bridgehead atoms. The summed E-state index contributed by atoms with van der Waals surface area (Å²) in [6.07, 6.45) is -4.64. The molecule has 0 aliphatic rings. The van der Waals surface area contributed by atoms with E-state index in [1.807, 2.05) is 0 Å². The Balaban J connectivity index is 2.76. The van der Waals surface area contributed by atoms with Crippen LogP contribution in [-0.4, -0.2) is 17.5 Å². The fourth-order valence-electron chi connectivity index (χ4n) is 1.04. The van der Waals surface area contributed by atoms with Gasteiger partial charge in [-0.3, -0.25) is 4.79 Å². The second-order valence-electron chi connectivity index (χ2n) is 2.94. The van der Waals surface area contributed by atoms with Gasteiger partial charge in [-0.15, -0.1) is 0 Å². The average Bonchev–Trinajstić information content (AvgIpc) is 2.17. The van der Waals surface area contributed by atoms with Crippen LogP contribution in [0.2, 0.25) is 0 Å². The molecule has 0 saturated carbocycles. The van der Waals surface area contributed by atoms with E-state index >= 15 is 0 Å². The van der Waals surface area contributed by atoms with E-state index < -0.39 is 18.5 Å². The molecule has 3 nitrogen and oxygen atoms in total. The predicted octanol–water partition coefficient (Wildman–Crippen LogP) is 1.91. The molecule has 0 radical (unpaired) electrons. The summed E-state index contributed by atoms with van der Waals surface area (Å²) in [6.45, 7) is 1.24. The van der Waals surface area contributed by atoms with Gasteiger partial charge in [-0.1, -0.05) is 12.1 Å². The highest BCUT2D eigenvalue weighted by atomic mass is 19.3. The number of esters is 1. The van der Waals surface area contributed by atoms with Gasteiger partial charge in [-0.2, -0.15) is 0 Å². The molecular formula is C10H10F2O3. The first-order chi connectivity index (χ1) is 7.00. The third kappa shape index (κ3) is 3.28. The molecule has 1 unspecified atom stereocenters. The minimum atomic E-state index is -2.83. The van der Waals surface area contributed by atoms with Crippen LogP contribution in [-0.2, 0) is 4.79 Å². The largest absolute Gasteiger partial charge is 0.427 e. The maximum Gasteiger partial charge on any atom is 0.308 e. The number of hydrogen-bond donors (Lipinski definition) is 1. The summed E-state index contributed by atoms with van der Waals surface area (Å²) >= 11 is 0. The van der Waals surface area contributed by atoms with Crippen molar-refractivity contribution in [3.8, 4) is 5.75 Å². The molecular weight excluding hydrogens is 206 g/mol. The minimum Gasteiger partial charge on any atom is -0.427 e. The molecule has 1 N–H and O–H groups in total. The lowest BCUT2D eigenvalue weighted by molar-refractivity contribution is -0.131. The molecule has 1 atom stereocenters. The van der Waals surface area contributed by atoms with E-state index in [0.29, 0.717) is 0 Å². The molecule has 1 aromatic rings. The fourth-order valence-corrected chi connectivity index (χ4v) is 1.04. The number of aliphatic hydroxyl groups is 1. The number of aliphatic hydroxyl groups excluding tert-OH is 1. The molecule has 1 aromatic carbocycles. The highest BCUT2D eigenvalue weighted by Crippen LogP contribution is 2.22. The zero-order valence-corrected chi connectivity index (χ0v) is 7.98. The van der Waals surface area contributed by atoms with Crippen molar-refractivity contribution in [1.29, 1.82) is 0 Å². The highest BCUT2D eigenvalue weighted by molar-refractivity contribution is 5.69. The van der Waals surface area contributed by atoms with Crippen LogP contribution in [0.1, 0.15) is 18.6 Å². The maximum atomic E-state index is 12.1. The van der Waals surface area contributed by atoms with Crippen LogP contribution < -0.4 is 4.74 Å². The van der Waals surface area contributed by atoms with Gasteiger partial charge in [-0.05, 0) is 17.7 Å². The van der Waals surface area contributed by atoms with E-state index in [4.69, 9.17) is 9.84 Å². The van der Waals surface area contributed by atoms with Crippen LogP contribution >= 0.6 is 0 Å². The lowest BCUT2D eigenvalue weighted by Gasteiger charge is -2.09. The molecule has 0 spiro atoms. The summed E-state index contributed by atoms with van der Waals surface area (Å²) in [5.41, 5.74) is 0.0842. The van der Waals surface area contributed by atoms with E-state index in [2.05, 4.69) is 0 Å². The molecule has 0 heterocycles. The van der Waals surface area contributed by atoms with E-state index in [1.54, 1.807) is 0 Å². The Bertz CT molecular complexity index is 335. The van der Waals surface area contributed by atoms with Crippen molar-refractivity contribution in [2.75, 3.05) is 0 Å². The first-order valence-corrected chi connectivity index (χ1v) is 4.25. The number of rotatable bonds is 3. The van der Waals surface area contributed by atoms with Crippen molar-refractivity contribution < 1.29 is 23.4 Å². The molecule has 0 saturated heterocycles. The third-order valence-electron chi connectivity index (χ3n) is 1.72. The molecule has 1 rings (SSSR count). The van der Waals surface area contributed by atoms with Crippen molar-refractivity contribution in [2.24, 2.45) is 0 Å². The summed E-state index contributed by atoms with van der Waals surface area (Å²) < 4.78 is 28.9. The minimum absolute atomic E-state index is 0.0842. The normalized spacial score (nSPS) is 12.6. The Morgan fingerprint density at radius 2 is 1.87 bits per heavy atom. The van der Waals surface area contributed by atoms with Crippen LogP contribution in [0.5, 0.6) is 5.75 Å². The van der Waals surface area contributed by atoms with E-state index in [-0.39, 0.29) is 11.3 Å². The zero-order valence-electron chi connectivity index (χ0n) is 7.98. The van der Waals surface area contributed by atoms with Crippen molar-refractivity contribution in [2.45, 2.75) is 19.5 Å². The number of carbonyl (C=O) groups excluding carboxylic acids is 1. The van der Waals surface area contributed by atoms with Crippen LogP contribution in [0, 0.1) is 0 Å². The number of carbonyl (C=O) groups is 1. The van der Waals surface area contributed by atoms with Crippen molar-refractivity contribution >= 4 is 5.97 Å². The highest BCUT2D eigenvalue weighted by Gasteiger charge is 2.18. The quantitative estimate of drug-likeness (QED) is 0.620. The second kappa shape index (κ2) is 4.84. The van der Waals surface area contributed by atoms with Crippen molar-refractivity contribution in [3.05, 3.63) is 29.8 Å². The van der Waals surface area contributed by atoms with E-state index in [9.17, 15) is 13.6 Å². The summed E-state index contributed by atoms with van der Waals surface area (Å²) in [6, 6.07) is 5.27. The number of benzene rings is 1. The van der Waals surface area contributed by atoms with Crippen molar-refractivity contribution in [1.82, 2.24) is 0 Å². The number of hydrogen-bond acceptors (Lipinski definition) is 3. The van der Waals surface area contributed by atoms with Crippen LogP contribution in [0.4, 0.5) is 8.78 Å². The molecule has 82 valence electrons. The standard InChI is InChI=1S/C10H10F2O3/c1-6(13)15-8-4-2-7(3-5-8)9(14)10(11)12/h2-5,9-10,14H,1H3. The van der Waals surface area contributed by atoms with Crippen LogP contribution in [0.15, 0.2) is 24.3 Å². The van der Waals surface area contributed by atoms with Gasteiger partial charge in [0.2, 0.25) is 0 Å². The van der Waals surface area contributed by atoms with Gasteiger partial charge in [0.05, 0.1) is 0 Å². The summed E-state index contributed by atoms with van der Waals surface area (Å²) in [7, 11) is 0. The van der Waals surface area contributed by atoms with Gasteiger partial charge in [0.25, 0.3) is 6.43 Å². The molecule has 0 aliphatic carbocycles. The summed E-state index contributed by atoms with van der Waals surface area (Å²) in [4.78, 5) is 10.5. The monoisotopic (exact) mass is 216 g/mol. The smallest absolute Gasteiger partial charge is 0.308 e. The molecule has 0 fully saturated rings. The van der Waals surface area contributed by atoms with E-state index in [0.717, 1.165) is 0 Å². The zero-order chi connectivity index (χ0) is 11.4. The SMILES string of the molecule is CC(=O)Oc1ccc(C(O)C(F)F)cc1. The van der Waals surface area contributed by atoms with Crippen LogP contribution in [0.3, 0.4) is 0 Å². The predicted molar refractivity (Wildman–Crippen MR) is 48.7 cm³/mol. The van der Waals surface area contributed by atoms with Crippen molar-refractivity contribution in [3.63, 3.8) is 0 Å². The van der Waals surface area contributed by atoms with Gasteiger partial charge in [-0.25, -0.2) is 8.78 Å². The first-order valence-electron chi connectivity index (χ1n) is 4.25. The van der Waals surface area contributed by atoms with Gasteiger partial charge >= 0.3 is 5.97 Å². The van der Waals surface area contributed by atoms with Gasteiger partial charge in [0.15, 0.2) is 0 Å². The number of alkyl halides is 2. The Labute approximate surface area is 85.3 Å². The molecule has 5 heteroatoms. The topological polar surface area (TPSA) is 46.5 Å². The third-order valence-corrected chi connectivity index (χ3v) is 1.72. The molecule has 0 aromatic heterocycles. The molecule has 0 amide bonds. The Kier molecular flexibility index (Phi) is 3.74. The molecule has 15 heavy (non-hydrogen) atoms. The Hall–Kier alpha value is -1.49. The van der Waals surface area contributed by atoms with Gasteiger partial charge in [0, 0.05) is 6.92 Å². The summed E-state index contributed by atoms with van der Waals surface area (Å²) in [5.74, 6) is -0.232. The number of halogens is 2. The first kappa shape index (κ1) is 11.6. The second-order valence-corrected chi connectivity index (χ2v) is 2.94. The number of ether oxygens (including phenoxy) is 1. The van der Waals surface area contributed by atoms with Gasteiger partial charge in [0.1, 0.15) is 11.9 Å². The molecule has 0 aliphatic heterocycles. The van der Waals surface area contributed by atoms with Gasteiger partial charge < -0.3 is 9.84 Å². The fraction of sp³-hybridized carbons (Fsp3) is 0.300. The Morgan fingerprint density at radius 1 is 1.33 bits per heavy atom. The van der Waals surface area contributed by atoms with E-state index in [1.165, 1.54) is 31.2 Å². The summed E-state index contributed by atoms with van der Waals surface area (Å²) in [5, 5.41) is 9.01. The lowest BCUT2D eigenvalue weighted by Crippen LogP contribution is -2.08. The lowest BCUT2D eigenvalue weighted by atomic mass is 10.1.